The summed E-state index contributed by atoms with van der Waals surface area (Å²) in [6.07, 6.45) is 1.08. The fourth-order valence-corrected chi connectivity index (χ4v) is 3.56. The van der Waals surface area contributed by atoms with E-state index in [-0.39, 0.29) is 0 Å². The number of fused-ring (bicyclic) bond motifs is 1. The van der Waals surface area contributed by atoms with E-state index >= 15 is 0 Å². The second-order valence-corrected chi connectivity index (χ2v) is 7.20. The molecule has 0 radical (unpaired) electrons. The fourth-order valence-electron chi connectivity index (χ4n) is 3.06. The van der Waals surface area contributed by atoms with Crippen LogP contribution in [0.5, 0.6) is 5.75 Å². The Kier molecular flexibility index (Phi) is 7.36. The highest BCUT2D eigenvalue weighted by molar-refractivity contribution is 6.35. The van der Waals surface area contributed by atoms with Crippen LogP contribution in [0.15, 0.2) is 54.6 Å². The molecular weight excluding hydrogens is 379 g/mol. The van der Waals surface area contributed by atoms with Crippen molar-refractivity contribution in [1.29, 1.82) is 0 Å². The number of benzene rings is 3. The van der Waals surface area contributed by atoms with Gasteiger partial charge in [-0.25, -0.2) is 0 Å². The van der Waals surface area contributed by atoms with Crippen molar-refractivity contribution < 1.29 is 4.74 Å². The molecule has 3 rings (SSSR count). The van der Waals surface area contributed by atoms with Crippen molar-refractivity contribution >= 4 is 34.0 Å². The van der Waals surface area contributed by atoms with Crippen LogP contribution in [-0.2, 0) is 13.2 Å². The highest BCUT2D eigenvalue weighted by atomic mass is 35.5. The molecule has 0 atom stereocenters. The molecule has 0 spiro atoms. The predicted octanol–water partition coefficient (Wildman–Crippen LogP) is 5.42. The first kappa shape index (κ1) is 20.0. The lowest BCUT2D eigenvalue weighted by Gasteiger charge is -2.16. The van der Waals surface area contributed by atoms with Gasteiger partial charge in [0.2, 0.25) is 0 Å². The maximum atomic E-state index is 6.28. The summed E-state index contributed by atoms with van der Waals surface area (Å²) in [7, 11) is 1.97. The molecule has 0 aliphatic heterocycles. The Morgan fingerprint density at radius 1 is 0.852 bits per heavy atom. The van der Waals surface area contributed by atoms with Crippen LogP contribution in [0.3, 0.4) is 0 Å². The summed E-state index contributed by atoms with van der Waals surface area (Å²) < 4.78 is 6.15. The maximum absolute atomic E-state index is 6.28. The zero-order chi connectivity index (χ0) is 19.1. The fraction of sp³-hybridized carbons (Fsp3) is 0.273. The topological polar surface area (TPSA) is 33.3 Å². The third-order valence-electron chi connectivity index (χ3n) is 4.51. The molecule has 0 amide bonds. The highest BCUT2D eigenvalue weighted by Crippen LogP contribution is 2.31. The molecule has 142 valence electrons. The summed E-state index contributed by atoms with van der Waals surface area (Å²) >= 11 is 12.6. The van der Waals surface area contributed by atoms with E-state index in [0.29, 0.717) is 16.7 Å². The average molecular weight is 403 g/mol. The molecule has 3 aromatic carbocycles. The van der Waals surface area contributed by atoms with Gasteiger partial charge in [-0.15, -0.1) is 0 Å². The molecule has 3 nitrogen and oxygen atoms in total. The van der Waals surface area contributed by atoms with Gasteiger partial charge in [0.1, 0.15) is 12.4 Å². The summed E-state index contributed by atoms with van der Waals surface area (Å²) in [6.45, 7) is 3.02. The van der Waals surface area contributed by atoms with Gasteiger partial charge in [-0.3, -0.25) is 0 Å². The van der Waals surface area contributed by atoms with Crippen molar-refractivity contribution in [3.8, 4) is 5.75 Å². The number of halogens is 2. The molecule has 0 heterocycles. The molecule has 0 saturated carbocycles. The van der Waals surface area contributed by atoms with Gasteiger partial charge in [0, 0.05) is 27.7 Å². The molecule has 0 saturated heterocycles. The summed E-state index contributed by atoms with van der Waals surface area (Å²) in [5.74, 6) is 0.853. The Morgan fingerprint density at radius 2 is 1.63 bits per heavy atom. The molecule has 0 aliphatic rings. The highest BCUT2D eigenvalue weighted by Gasteiger charge is 2.11. The Hall–Kier alpha value is -1.78. The first-order valence-corrected chi connectivity index (χ1v) is 9.88. The smallest absolute Gasteiger partial charge is 0.124 e. The summed E-state index contributed by atoms with van der Waals surface area (Å²) in [5, 5.41) is 10.3. The Labute approximate surface area is 170 Å². The first-order chi connectivity index (χ1) is 13.2. The SMILES string of the molecule is CNCCCNCc1c(OCc2c(Cl)cccc2Cl)ccc2ccccc12. The molecule has 0 aliphatic carbocycles. The number of nitrogens with one attached hydrogen (secondary N) is 2. The Bertz CT molecular complexity index is 878. The summed E-state index contributed by atoms with van der Waals surface area (Å²) in [5.41, 5.74) is 1.96. The van der Waals surface area contributed by atoms with Crippen molar-refractivity contribution in [2.45, 2.75) is 19.6 Å². The van der Waals surface area contributed by atoms with Gasteiger partial charge < -0.3 is 15.4 Å². The summed E-state index contributed by atoms with van der Waals surface area (Å²) in [4.78, 5) is 0. The van der Waals surface area contributed by atoms with Crippen molar-refractivity contribution in [1.82, 2.24) is 10.6 Å². The van der Waals surface area contributed by atoms with E-state index in [4.69, 9.17) is 27.9 Å². The predicted molar refractivity (Wildman–Crippen MR) is 115 cm³/mol. The largest absolute Gasteiger partial charge is 0.488 e. The maximum Gasteiger partial charge on any atom is 0.124 e. The van der Waals surface area contributed by atoms with Gasteiger partial charge in [-0.05, 0) is 55.5 Å². The lowest BCUT2D eigenvalue weighted by atomic mass is 10.0. The van der Waals surface area contributed by atoms with Crippen LogP contribution < -0.4 is 15.4 Å². The van der Waals surface area contributed by atoms with E-state index < -0.39 is 0 Å². The van der Waals surface area contributed by atoms with Gasteiger partial charge in [-0.1, -0.05) is 59.6 Å². The van der Waals surface area contributed by atoms with Gasteiger partial charge in [0.25, 0.3) is 0 Å². The number of hydrogen-bond donors (Lipinski definition) is 2. The lowest BCUT2D eigenvalue weighted by Crippen LogP contribution is -2.20. The van der Waals surface area contributed by atoms with Crippen LogP contribution in [0.25, 0.3) is 10.8 Å². The third-order valence-corrected chi connectivity index (χ3v) is 5.22. The van der Waals surface area contributed by atoms with Crippen molar-refractivity contribution in [3.63, 3.8) is 0 Å². The third kappa shape index (κ3) is 5.14. The van der Waals surface area contributed by atoms with E-state index in [9.17, 15) is 0 Å². The minimum absolute atomic E-state index is 0.337. The van der Waals surface area contributed by atoms with E-state index in [1.807, 2.05) is 31.3 Å². The van der Waals surface area contributed by atoms with Crippen LogP contribution in [0.1, 0.15) is 17.5 Å². The molecule has 5 heteroatoms. The molecule has 0 aromatic heterocycles. The minimum atomic E-state index is 0.337. The Balaban J connectivity index is 1.82. The monoisotopic (exact) mass is 402 g/mol. The van der Waals surface area contributed by atoms with E-state index in [2.05, 4.69) is 41.0 Å². The van der Waals surface area contributed by atoms with Crippen LogP contribution in [0, 0.1) is 0 Å². The average Bonchev–Trinajstić information content (AvgIpc) is 2.68. The van der Waals surface area contributed by atoms with Crippen LogP contribution >= 0.6 is 23.2 Å². The molecule has 3 aromatic rings. The van der Waals surface area contributed by atoms with Crippen molar-refractivity contribution in [2.75, 3.05) is 20.1 Å². The molecule has 0 unspecified atom stereocenters. The quantitative estimate of drug-likeness (QED) is 0.468. The molecule has 27 heavy (non-hydrogen) atoms. The van der Waals surface area contributed by atoms with Gasteiger partial charge in [0.05, 0.1) is 0 Å². The van der Waals surface area contributed by atoms with E-state index in [1.54, 1.807) is 0 Å². The number of rotatable bonds is 9. The van der Waals surface area contributed by atoms with E-state index in [0.717, 1.165) is 42.9 Å². The molecule has 2 N–H and O–H groups in total. The molecular formula is C22H24Cl2N2O. The van der Waals surface area contributed by atoms with Crippen LogP contribution in [-0.4, -0.2) is 20.1 Å². The van der Waals surface area contributed by atoms with Crippen molar-refractivity contribution in [3.05, 3.63) is 75.8 Å². The zero-order valence-electron chi connectivity index (χ0n) is 15.4. The van der Waals surface area contributed by atoms with Gasteiger partial charge in [0.15, 0.2) is 0 Å². The standard InChI is InChI=1S/C22H24Cl2N2O/c1-25-12-5-13-26-14-18-17-7-3-2-6-16(17)10-11-22(18)27-15-19-20(23)8-4-9-21(19)24/h2-4,6-11,25-26H,5,12-15H2,1H3. The number of ether oxygens (including phenoxy) is 1. The molecule has 0 bridgehead atoms. The summed E-state index contributed by atoms with van der Waals surface area (Å²) in [6, 6.07) is 18.0. The molecule has 0 fully saturated rings. The lowest BCUT2D eigenvalue weighted by molar-refractivity contribution is 0.303. The normalized spacial score (nSPS) is 11.1. The van der Waals surface area contributed by atoms with Gasteiger partial charge >= 0.3 is 0 Å². The van der Waals surface area contributed by atoms with E-state index in [1.165, 1.54) is 10.8 Å². The van der Waals surface area contributed by atoms with Crippen molar-refractivity contribution in [2.24, 2.45) is 0 Å². The van der Waals surface area contributed by atoms with Crippen LogP contribution in [0.2, 0.25) is 10.0 Å². The second kappa shape index (κ2) is 9.95. The minimum Gasteiger partial charge on any atom is -0.488 e. The zero-order valence-corrected chi connectivity index (χ0v) is 16.9. The van der Waals surface area contributed by atoms with Crippen LogP contribution in [0.4, 0.5) is 0 Å². The Morgan fingerprint density at radius 3 is 2.41 bits per heavy atom. The van der Waals surface area contributed by atoms with Gasteiger partial charge in [-0.2, -0.15) is 0 Å². The first-order valence-electron chi connectivity index (χ1n) is 9.12. The number of hydrogen-bond acceptors (Lipinski definition) is 3. The second-order valence-electron chi connectivity index (χ2n) is 6.39.